The molecule has 0 amide bonds. The Labute approximate surface area is 206 Å². The fourth-order valence-electron chi connectivity index (χ4n) is 6.13. The largest absolute Gasteiger partial charge is 0.490 e. The van der Waals surface area contributed by atoms with Gasteiger partial charge in [-0.25, -0.2) is 0 Å². The first-order valence-electron chi connectivity index (χ1n) is 13.2. The fraction of sp³-hybridized carbons (Fsp3) is 0.621. The summed E-state index contributed by atoms with van der Waals surface area (Å²) in [6.07, 6.45) is 4.00. The molecule has 0 heterocycles. The van der Waals surface area contributed by atoms with Gasteiger partial charge in [0.1, 0.15) is 11.3 Å². The highest BCUT2D eigenvalue weighted by molar-refractivity contribution is 5.89. The number of alkyl halides is 3. The van der Waals surface area contributed by atoms with Gasteiger partial charge in [0, 0.05) is 0 Å². The van der Waals surface area contributed by atoms with E-state index in [0.29, 0.717) is 30.1 Å². The third-order valence-electron chi connectivity index (χ3n) is 8.41. The number of benzene rings is 2. The monoisotopic (exact) mass is 490 g/mol. The normalized spacial score (nSPS) is 26.4. The third-order valence-corrected chi connectivity index (χ3v) is 8.41. The Kier molecular flexibility index (Phi) is 7.97. The quantitative estimate of drug-likeness (QED) is 0.423. The molecule has 0 radical (unpaired) electrons. The summed E-state index contributed by atoms with van der Waals surface area (Å²) in [5.74, 6) is 0.125. The Hall–Kier alpha value is -2.24. The van der Waals surface area contributed by atoms with Crippen LogP contribution in [0.2, 0.25) is 0 Å². The van der Waals surface area contributed by atoms with Crippen LogP contribution in [0, 0.1) is 17.8 Å². The van der Waals surface area contributed by atoms with Gasteiger partial charge in [-0.15, -0.1) is 0 Å². The molecule has 1 unspecified atom stereocenters. The second kappa shape index (κ2) is 10.8. The standard InChI is InChI=1S/C29H37F3O3/c1-3-19-6-13-24(14-7-19)35-26-15-12-21-10-11-23(17-25(21)27(26)29(30,31)32)18(2)16-20-4-8-22(9-5-20)28(33)34/h10-12,15,17-20,22,24H,3-9,13-14,16H2,1-2H3,(H,33,34). The topological polar surface area (TPSA) is 46.5 Å². The van der Waals surface area contributed by atoms with Crippen molar-refractivity contribution in [1.82, 2.24) is 0 Å². The maximum atomic E-state index is 14.3. The van der Waals surface area contributed by atoms with Gasteiger partial charge in [-0.05, 0) is 97.9 Å². The van der Waals surface area contributed by atoms with E-state index >= 15 is 0 Å². The smallest absolute Gasteiger partial charge is 0.420 e. The highest BCUT2D eigenvalue weighted by Gasteiger charge is 2.37. The minimum atomic E-state index is -4.51. The molecule has 4 rings (SSSR count). The SMILES string of the molecule is CCC1CCC(Oc2ccc3ccc(C(C)CC4CCC(C(=O)O)CC4)cc3c2C(F)(F)F)CC1. The molecule has 2 fully saturated rings. The van der Waals surface area contributed by atoms with Gasteiger partial charge in [0.25, 0.3) is 0 Å². The summed E-state index contributed by atoms with van der Waals surface area (Å²) in [7, 11) is 0. The Balaban J connectivity index is 1.55. The van der Waals surface area contributed by atoms with Crippen LogP contribution in [0.5, 0.6) is 5.75 Å². The van der Waals surface area contributed by atoms with Crippen LogP contribution in [0.15, 0.2) is 30.3 Å². The number of hydrogen-bond acceptors (Lipinski definition) is 2. The Bertz CT molecular complexity index is 1020. The molecule has 0 saturated heterocycles. The molecule has 0 bridgehead atoms. The predicted octanol–water partition coefficient (Wildman–Crippen LogP) is 8.59. The van der Waals surface area contributed by atoms with Crippen molar-refractivity contribution < 1.29 is 27.8 Å². The summed E-state index contributed by atoms with van der Waals surface area (Å²) in [5.41, 5.74) is 0.229. The van der Waals surface area contributed by atoms with E-state index in [9.17, 15) is 23.1 Å². The number of aliphatic carboxylic acids is 1. The lowest BCUT2D eigenvalue weighted by Crippen LogP contribution is -2.25. The van der Waals surface area contributed by atoms with Crippen LogP contribution in [-0.4, -0.2) is 17.2 Å². The molecule has 3 nitrogen and oxygen atoms in total. The molecule has 0 aromatic heterocycles. The summed E-state index contributed by atoms with van der Waals surface area (Å²) in [4.78, 5) is 11.2. The van der Waals surface area contributed by atoms with Gasteiger partial charge < -0.3 is 9.84 Å². The Morgan fingerprint density at radius 1 is 1.00 bits per heavy atom. The lowest BCUT2D eigenvalue weighted by molar-refractivity contribution is -0.143. The van der Waals surface area contributed by atoms with E-state index in [0.717, 1.165) is 56.9 Å². The maximum absolute atomic E-state index is 14.3. The minimum Gasteiger partial charge on any atom is -0.490 e. The van der Waals surface area contributed by atoms with Gasteiger partial charge >= 0.3 is 12.1 Å². The second-order valence-corrected chi connectivity index (χ2v) is 10.8. The predicted molar refractivity (Wildman–Crippen MR) is 132 cm³/mol. The minimum absolute atomic E-state index is 0.0539. The van der Waals surface area contributed by atoms with Gasteiger partial charge in [0.2, 0.25) is 0 Å². The van der Waals surface area contributed by atoms with E-state index in [-0.39, 0.29) is 29.1 Å². The second-order valence-electron chi connectivity index (χ2n) is 10.8. The van der Waals surface area contributed by atoms with Crippen molar-refractivity contribution in [2.45, 2.75) is 96.3 Å². The number of ether oxygens (including phenoxy) is 1. The summed E-state index contributed by atoms with van der Waals surface area (Å²) in [5, 5.41) is 10.00. The van der Waals surface area contributed by atoms with Crippen molar-refractivity contribution in [1.29, 1.82) is 0 Å². The lowest BCUT2D eigenvalue weighted by atomic mass is 9.77. The first kappa shape index (κ1) is 25.8. The zero-order valence-electron chi connectivity index (χ0n) is 20.7. The molecule has 1 N–H and O–H groups in total. The zero-order valence-corrected chi connectivity index (χ0v) is 20.7. The van der Waals surface area contributed by atoms with E-state index in [1.165, 1.54) is 6.07 Å². The van der Waals surface area contributed by atoms with Crippen LogP contribution in [0.3, 0.4) is 0 Å². The number of carboxylic acid groups (broad SMARTS) is 1. The van der Waals surface area contributed by atoms with Crippen molar-refractivity contribution in [2.75, 3.05) is 0 Å². The summed E-state index contributed by atoms with van der Waals surface area (Å²) in [6.45, 7) is 4.22. The molecule has 2 aliphatic rings. The van der Waals surface area contributed by atoms with Gasteiger partial charge in [-0.2, -0.15) is 13.2 Å². The number of fused-ring (bicyclic) bond motifs is 1. The molecule has 2 aromatic carbocycles. The number of carbonyl (C=O) groups is 1. The molecule has 0 aliphatic heterocycles. The van der Waals surface area contributed by atoms with Crippen molar-refractivity contribution in [2.24, 2.45) is 17.8 Å². The van der Waals surface area contributed by atoms with Gasteiger partial charge in [-0.1, -0.05) is 44.5 Å². The first-order chi connectivity index (χ1) is 16.7. The van der Waals surface area contributed by atoms with Crippen LogP contribution in [0.25, 0.3) is 10.8 Å². The van der Waals surface area contributed by atoms with E-state index in [1.54, 1.807) is 18.2 Å². The summed E-state index contributed by atoms with van der Waals surface area (Å²) >= 11 is 0. The fourth-order valence-corrected chi connectivity index (χ4v) is 6.13. The molecule has 2 aromatic rings. The number of halogens is 3. The maximum Gasteiger partial charge on any atom is 0.420 e. The summed E-state index contributed by atoms with van der Waals surface area (Å²) in [6, 6.07) is 8.64. The number of carboxylic acids is 1. The molecular formula is C29H37F3O3. The molecule has 35 heavy (non-hydrogen) atoms. The average molecular weight is 491 g/mol. The molecule has 192 valence electrons. The molecule has 1 atom stereocenters. The molecule has 6 heteroatoms. The molecule has 0 spiro atoms. The first-order valence-corrected chi connectivity index (χ1v) is 13.2. The van der Waals surface area contributed by atoms with E-state index in [2.05, 4.69) is 13.8 Å². The van der Waals surface area contributed by atoms with Gasteiger partial charge in [-0.3, -0.25) is 4.79 Å². The molecular weight excluding hydrogens is 453 g/mol. The van der Waals surface area contributed by atoms with E-state index < -0.39 is 17.7 Å². The van der Waals surface area contributed by atoms with Crippen LogP contribution >= 0.6 is 0 Å². The van der Waals surface area contributed by atoms with Crippen molar-refractivity contribution in [3.63, 3.8) is 0 Å². The third kappa shape index (κ3) is 6.13. The zero-order chi connectivity index (χ0) is 25.2. The van der Waals surface area contributed by atoms with Gasteiger partial charge in [0.05, 0.1) is 12.0 Å². The lowest BCUT2D eigenvalue weighted by Gasteiger charge is -2.30. The van der Waals surface area contributed by atoms with Crippen molar-refractivity contribution in [3.8, 4) is 5.75 Å². The van der Waals surface area contributed by atoms with Crippen molar-refractivity contribution >= 4 is 16.7 Å². The van der Waals surface area contributed by atoms with Crippen LogP contribution in [0.4, 0.5) is 13.2 Å². The summed E-state index contributed by atoms with van der Waals surface area (Å²) < 4.78 is 49.0. The number of rotatable bonds is 7. The van der Waals surface area contributed by atoms with E-state index in [4.69, 9.17) is 4.74 Å². The highest BCUT2D eigenvalue weighted by Crippen LogP contribution is 2.44. The number of hydrogen-bond donors (Lipinski definition) is 1. The molecule has 2 aliphatic carbocycles. The van der Waals surface area contributed by atoms with Crippen LogP contribution < -0.4 is 4.74 Å². The van der Waals surface area contributed by atoms with Crippen molar-refractivity contribution in [3.05, 3.63) is 41.5 Å². The van der Waals surface area contributed by atoms with E-state index in [1.807, 2.05) is 6.07 Å². The Morgan fingerprint density at radius 2 is 1.63 bits per heavy atom. The van der Waals surface area contributed by atoms with Crippen LogP contribution in [0.1, 0.15) is 95.1 Å². The average Bonchev–Trinajstić information content (AvgIpc) is 2.83. The highest BCUT2D eigenvalue weighted by atomic mass is 19.4. The van der Waals surface area contributed by atoms with Gasteiger partial charge in [0.15, 0.2) is 0 Å². The Morgan fingerprint density at radius 3 is 2.23 bits per heavy atom. The molecule has 2 saturated carbocycles. The van der Waals surface area contributed by atoms with Crippen LogP contribution in [-0.2, 0) is 11.0 Å².